The van der Waals surface area contributed by atoms with Crippen LogP contribution in [0.5, 0.6) is 0 Å². The Morgan fingerprint density at radius 1 is 1.19 bits per heavy atom. The van der Waals surface area contributed by atoms with Crippen molar-refractivity contribution in [3.8, 4) is 0 Å². The number of hydrogen-bond donors (Lipinski definition) is 1. The Kier molecular flexibility index (Phi) is 3.32. The number of hydrogen-bond acceptors (Lipinski definition) is 2. The number of carbonyl (C=O) groups excluding carboxylic acids is 1. The molecule has 0 bridgehead atoms. The van der Waals surface area contributed by atoms with E-state index in [1.807, 2.05) is 6.07 Å². The van der Waals surface area contributed by atoms with Gasteiger partial charge in [0.1, 0.15) is 0 Å². The summed E-state index contributed by atoms with van der Waals surface area (Å²) in [7, 11) is 0. The maximum absolute atomic E-state index is 12.5. The van der Waals surface area contributed by atoms with Gasteiger partial charge in [-0.2, -0.15) is 0 Å². The first-order valence-corrected chi connectivity index (χ1v) is 6.97. The van der Waals surface area contributed by atoms with Crippen LogP contribution >= 0.6 is 11.6 Å². The van der Waals surface area contributed by atoms with Gasteiger partial charge in [-0.3, -0.25) is 9.69 Å². The molecule has 2 aromatic carbocycles. The molecule has 2 aromatic rings. The van der Waals surface area contributed by atoms with Crippen molar-refractivity contribution in [2.24, 2.45) is 0 Å². The summed E-state index contributed by atoms with van der Waals surface area (Å²) < 4.78 is 0. The molecule has 0 saturated heterocycles. The summed E-state index contributed by atoms with van der Waals surface area (Å²) in [5.74, 6) is -0.206. The topological polar surface area (TPSA) is 40.5 Å². The molecule has 3 nitrogen and oxygen atoms in total. The van der Waals surface area contributed by atoms with Crippen LogP contribution in [-0.4, -0.2) is 22.5 Å². The maximum Gasteiger partial charge on any atom is 0.257 e. The zero-order chi connectivity index (χ0) is 15.0. The molecule has 0 radical (unpaired) electrons. The lowest BCUT2D eigenvalue weighted by Crippen LogP contribution is -2.44. The van der Waals surface area contributed by atoms with E-state index in [2.05, 4.69) is 6.58 Å². The third-order valence-electron chi connectivity index (χ3n) is 3.73. The summed E-state index contributed by atoms with van der Waals surface area (Å²) >= 11 is 5.91. The van der Waals surface area contributed by atoms with Gasteiger partial charge in [0.25, 0.3) is 5.91 Å². The second kappa shape index (κ2) is 5.02. The monoisotopic (exact) mass is 299 g/mol. The standard InChI is InChI=1S/C17H14ClNO2/c1-2-11-19-16(20)14-5-3-4-6-15(14)17(19,21)12-7-9-13(18)10-8-12/h2-10,21H,1,11H2/t17-/m1/s1. The van der Waals surface area contributed by atoms with Crippen molar-refractivity contribution in [3.05, 3.63) is 82.9 Å². The zero-order valence-electron chi connectivity index (χ0n) is 11.3. The highest BCUT2D eigenvalue weighted by Gasteiger charge is 2.49. The molecule has 0 aromatic heterocycles. The van der Waals surface area contributed by atoms with E-state index in [0.29, 0.717) is 21.7 Å². The molecule has 4 heteroatoms. The van der Waals surface area contributed by atoms with Gasteiger partial charge in [0, 0.05) is 28.3 Å². The smallest absolute Gasteiger partial charge is 0.257 e. The van der Waals surface area contributed by atoms with E-state index in [1.54, 1.807) is 48.5 Å². The Morgan fingerprint density at radius 3 is 2.52 bits per heavy atom. The normalized spacial score (nSPS) is 20.5. The summed E-state index contributed by atoms with van der Waals surface area (Å²) in [5.41, 5.74) is 0.204. The van der Waals surface area contributed by atoms with Gasteiger partial charge in [0.2, 0.25) is 0 Å². The largest absolute Gasteiger partial charge is 0.363 e. The third kappa shape index (κ3) is 1.97. The van der Waals surface area contributed by atoms with Crippen molar-refractivity contribution in [3.63, 3.8) is 0 Å². The van der Waals surface area contributed by atoms with Crippen LogP contribution in [0.3, 0.4) is 0 Å². The highest BCUT2D eigenvalue weighted by molar-refractivity contribution is 6.30. The lowest BCUT2D eigenvalue weighted by molar-refractivity contribution is -0.0444. The number of aliphatic hydroxyl groups is 1. The molecule has 21 heavy (non-hydrogen) atoms. The number of halogens is 1. The average molecular weight is 300 g/mol. The first-order valence-electron chi connectivity index (χ1n) is 6.60. The second-order valence-corrected chi connectivity index (χ2v) is 5.37. The molecule has 0 fully saturated rings. The number of amides is 1. The van der Waals surface area contributed by atoms with E-state index < -0.39 is 5.72 Å². The van der Waals surface area contributed by atoms with Crippen molar-refractivity contribution in [2.75, 3.05) is 6.54 Å². The van der Waals surface area contributed by atoms with E-state index >= 15 is 0 Å². The summed E-state index contributed by atoms with van der Waals surface area (Å²) in [6.07, 6.45) is 1.60. The molecule has 0 unspecified atom stereocenters. The minimum atomic E-state index is -1.49. The average Bonchev–Trinajstić information content (AvgIpc) is 2.72. The fraction of sp³-hybridized carbons (Fsp3) is 0.118. The van der Waals surface area contributed by atoms with E-state index in [0.717, 1.165) is 0 Å². The van der Waals surface area contributed by atoms with Gasteiger partial charge < -0.3 is 5.11 Å². The van der Waals surface area contributed by atoms with Gasteiger partial charge in [0.05, 0.1) is 0 Å². The van der Waals surface area contributed by atoms with Crippen LogP contribution in [0, 0.1) is 0 Å². The Labute approximate surface area is 128 Å². The molecular weight excluding hydrogens is 286 g/mol. The van der Waals surface area contributed by atoms with Gasteiger partial charge in [-0.05, 0) is 18.2 Å². The quantitative estimate of drug-likeness (QED) is 0.884. The number of benzene rings is 2. The van der Waals surface area contributed by atoms with Crippen molar-refractivity contribution >= 4 is 17.5 Å². The zero-order valence-corrected chi connectivity index (χ0v) is 12.0. The maximum atomic E-state index is 12.5. The molecule has 1 aliphatic rings. The molecule has 3 rings (SSSR count). The van der Waals surface area contributed by atoms with Crippen LogP contribution in [0.1, 0.15) is 21.5 Å². The summed E-state index contributed by atoms with van der Waals surface area (Å²) in [5, 5.41) is 11.9. The van der Waals surface area contributed by atoms with Crippen LogP contribution < -0.4 is 0 Å². The predicted octanol–water partition coefficient (Wildman–Crippen LogP) is 3.18. The Bertz CT molecular complexity index is 711. The minimum absolute atomic E-state index is 0.206. The Hall–Kier alpha value is -2.10. The van der Waals surface area contributed by atoms with Crippen molar-refractivity contribution in [1.29, 1.82) is 0 Å². The molecule has 0 spiro atoms. The molecule has 106 valence electrons. The van der Waals surface area contributed by atoms with E-state index in [4.69, 9.17) is 11.6 Å². The molecule has 1 amide bonds. The van der Waals surface area contributed by atoms with E-state index in [1.165, 1.54) is 4.90 Å². The Balaban J connectivity index is 2.23. The minimum Gasteiger partial charge on any atom is -0.363 e. The van der Waals surface area contributed by atoms with Crippen LogP contribution in [0.4, 0.5) is 0 Å². The summed E-state index contributed by atoms with van der Waals surface area (Å²) in [6.45, 7) is 3.93. The first kappa shape index (κ1) is 13.9. The summed E-state index contributed by atoms with van der Waals surface area (Å²) in [4.78, 5) is 13.9. The van der Waals surface area contributed by atoms with Crippen molar-refractivity contribution in [2.45, 2.75) is 5.72 Å². The number of fused-ring (bicyclic) bond motifs is 1. The van der Waals surface area contributed by atoms with Gasteiger partial charge in [-0.15, -0.1) is 6.58 Å². The highest BCUT2D eigenvalue weighted by atomic mass is 35.5. The van der Waals surface area contributed by atoms with Crippen LogP contribution in [0.2, 0.25) is 5.02 Å². The fourth-order valence-electron chi connectivity index (χ4n) is 2.75. The molecule has 0 aliphatic carbocycles. The van der Waals surface area contributed by atoms with Gasteiger partial charge in [-0.1, -0.05) is 48.0 Å². The van der Waals surface area contributed by atoms with Gasteiger partial charge >= 0.3 is 0 Å². The SMILES string of the molecule is C=CCN1C(=O)c2ccccc2[C@]1(O)c1ccc(Cl)cc1. The lowest BCUT2D eigenvalue weighted by Gasteiger charge is -2.34. The third-order valence-corrected chi connectivity index (χ3v) is 3.98. The molecule has 1 heterocycles. The van der Waals surface area contributed by atoms with Crippen molar-refractivity contribution in [1.82, 2.24) is 4.90 Å². The molecule has 1 N–H and O–H groups in total. The number of nitrogens with zero attached hydrogens (tertiary/aromatic N) is 1. The Morgan fingerprint density at radius 2 is 1.86 bits per heavy atom. The van der Waals surface area contributed by atoms with Crippen LogP contribution in [-0.2, 0) is 5.72 Å². The predicted molar refractivity (Wildman–Crippen MR) is 82.1 cm³/mol. The van der Waals surface area contributed by atoms with E-state index in [9.17, 15) is 9.90 Å². The number of rotatable bonds is 3. The first-order chi connectivity index (χ1) is 10.1. The molecular formula is C17H14ClNO2. The van der Waals surface area contributed by atoms with Crippen LogP contribution in [0.25, 0.3) is 0 Å². The molecule has 0 saturated carbocycles. The van der Waals surface area contributed by atoms with Gasteiger partial charge in [-0.25, -0.2) is 0 Å². The lowest BCUT2D eigenvalue weighted by atomic mass is 9.94. The van der Waals surface area contributed by atoms with Gasteiger partial charge in [0.15, 0.2) is 5.72 Å². The molecule has 1 aliphatic heterocycles. The van der Waals surface area contributed by atoms with E-state index in [-0.39, 0.29) is 12.5 Å². The summed E-state index contributed by atoms with van der Waals surface area (Å²) in [6, 6.07) is 14.0. The highest BCUT2D eigenvalue weighted by Crippen LogP contribution is 2.42. The number of carbonyl (C=O) groups is 1. The fourth-order valence-corrected chi connectivity index (χ4v) is 2.88. The molecule has 1 atom stereocenters. The van der Waals surface area contributed by atoms with Crippen LogP contribution in [0.15, 0.2) is 61.2 Å². The van der Waals surface area contributed by atoms with Crippen molar-refractivity contribution < 1.29 is 9.90 Å². The second-order valence-electron chi connectivity index (χ2n) is 4.93.